The standard InChI is InChI=1S/C19H24N4O4S/c1-14(15-4-6-17(7-5-15)28(2,25)26)22-19(24)23-12-8-16(9-13-23)27-18-20-10-3-11-21-18/h3-7,10-11,14,16H,8-9,12-13H2,1-2H3,(H,22,24). The zero-order valence-electron chi connectivity index (χ0n) is 15.9. The predicted octanol–water partition coefficient (Wildman–Crippen LogP) is 2.19. The van der Waals surface area contributed by atoms with Crippen molar-refractivity contribution in [1.82, 2.24) is 20.2 Å². The molecule has 0 spiro atoms. The van der Waals surface area contributed by atoms with Crippen molar-refractivity contribution in [2.45, 2.75) is 36.8 Å². The third-order valence-electron chi connectivity index (χ3n) is 4.69. The van der Waals surface area contributed by atoms with E-state index in [0.717, 1.165) is 5.56 Å². The molecule has 9 heteroatoms. The van der Waals surface area contributed by atoms with Gasteiger partial charge in [0.1, 0.15) is 6.10 Å². The van der Waals surface area contributed by atoms with Crippen molar-refractivity contribution >= 4 is 15.9 Å². The van der Waals surface area contributed by atoms with Crippen molar-refractivity contribution in [3.8, 4) is 6.01 Å². The van der Waals surface area contributed by atoms with Gasteiger partial charge in [-0.05, 0) is 30.7 Å². The Bertz CT molecular complexity index is 895. The Morgan fingerprint density at radius 3 is 2.36 bits per heavy atom. The van der Waals surface area contributed by atoms with E-state index in [1.54, 1.807) is 47.6 Å². The van der Waals surface area contributed by atoms with Crippen molar-refractivity contribution in [2.24, 2.45) is 0 Å². The number of urea groups is 1. The average Bonchev–Trinajstić information content (AvgIpc) is 2.68. The number of likely N-dealkylation sites (tertiary alicyclic amines) is 1. The van der Waals surface area contributed by atoms with E-state index in [4.69, 9.17) is 4.74 Å². The molecule has 1 aliphatic rings. The van der Waals surface area contributed by atoms with Gasteiger partial charge in [0.05, 0.1) is 10.9 Å². The van der Waals surface area contributed by atoms with E-state index >= 15 is 0 Å². The monoisotopic (exact) mass is 404 g/mol. The fourth-order valence-electron chi connectivity index (χ4n) is 3.04. The van der Waals surface area contributed by atoms with E-state index < -0.39 is 9.84 Å². The summed E-state index contributed by atoms with van der Waals surface area (Å²) >= 11 is 0. The van der Waals surface area contributed by atoms with Crippen LogP contribution >= 0.6 is 0 Å². The number of amides is 2. The van der Waals surface area contributed by atoms with Crippen molar-refractivity contribution in [3.63, 3.8) is 0 Å². The van der Waals surface area contributed by atoms with Crippen molar-refractivity contribution in [3.05, 3.63) is 48.3 Å². The average molecular weight is 404 g/mol. The molecule has 0 aliphatic carbocycles. The Hall–Kier alpha value is -2.68. The quantitative estimate of drug-likeness (QED) is 0.820. The third kappa shape index (κ3) is 5.19. The summed E-state index contributed by atoms with van der Waals surface area (Å²) < 4.78 is 28.8. The normalized spacial score (nSPS) is 16.4. The summed E-state index contributed by atoms with van der Waals surface area (Å²) in [5, 5.41) is 2.96. The van der Waals surface area contributed by atoms with Crippen LogP contribution in [0.2, 0.25) is 0 Å². The SMILES string of the molecule is CC(NC(=O)N1CCC(Oc2ncccn2)CC1)c1ccc(S(C)(=O)=O)cc1. The first kappa shape index (κ1) is 20.1. The molecule has 150 valence electrons. The van der Waals surface area contributed by atoms with Gasteiger partial charge in [0.2, 0.25) is 0 Å². The minimum atomic E-state index is -3.23. The van der Waals surface area contributed by atoms with Crippen LogP contribution in [-0.4, -0.2) is 54.8 Å². The molecule has 8 nitrogen and oxygen atoms in total. The Morgan fingerprint density at radius 2 is 1.79 bits per heavy atom. The second-order valence-electron chi connectivity index (χ2n) is 6.85. The maximum Gasteiger partial charge on any atom is 0.317 e. The maximum atomic E-state index is 12.5. The predicted molar refractivity (Wildman–Crippen MR) is 104 cm³/mol. The van der Waals surface area contributed by atoms with Gasteiger partial charge >= 0.3 is 12.0 Å². The summed E-state index contributed by atoms with van der Waals surface area (Å²) in [7, 11) is -3.23. The lowest BCUT2D eigenvalue weighted by molar-refractivity contribution is 0.102. The molecule has 2 amide bonds. The van der Waals surface area contributed by atoms with Crippen LogP contribution in [0.15, 0.2) is 47.6 Å². The minimum absolute atomic E-state index is 0.00703. The van der Waals surface area contributed by atoms with Crippen LogP contribution in [0.3, 0.4) is 0 Å². The molecule has 1 unspecified atom stereocenters. The first-order valence-corrected chi connectivity index (χ1v) is 11.0. The number of nitrogens with one attached hydrogen (secondary N) is 1. The summed E-state index contributed by atoms with van der Waals surface area (Å²) in [4.78, 5) is 22.7. The molecule has 1 aliphatic heterocycles. The zero-order chi connectivity index (χ0) is 20.1. The van der Waals surface area contributed by atoms with Crippen LogP contribution in [-0.2, 0) is 9.84 Å². The fourth-order valence-corrected chi connectivity index (χ4v) is 3.67. The number of rotatable bonds is 5. The van der Waals surface area contributed by atoms with E-state index in [1.165, 1.54) is 6.26 Å². The first-order chi connectivity index (χ1) is 13.3. The molecular weight excluding hydrogens is 380 g/mol. The summed E-state index contributed by atoms with van der Waals surface area (Å²) in [6.45, 7) is 3.04. The van der Waals surface area contributed by atoms with Crippen LogP contribution in [0.1, 0.15) is 31.4 Å². The van der Waals surface area contributed by atoms with Crippen LogP contribution in [0.5, 0.6) is 6.01 Å². The van der Waals surface area contributed by atoms with Crippen molar-refractivity contribution in [1.29, 1.82) is 0 Å². The Balaban J connectivity index is 1.50. The Labute approximate surface area is 164 Å². The van der Waals surface area contributed by atoms with Gasteiger partial charge in [0.15, 0.2) is 9.84 Å². The lowest BCUT2D eigenvalue weighted by atomic mass is 10.1. The molecule has 28 heavy (non-hydrogen) atoms. The number of carbonyl (C=O) groups is 1. The number of hydrogen-bond donors (Lipinski definition) is 1. The number of nitrogens with zero attached hydrogens (tertiary/aromatic N) is 3. The largest absolute Gasteiger partial charge is 0.460 e. The van der Waals surface area contributed by atoms with Crippen LogP contribution in [0.25, 0.3) is 0 Å². The number of aromatic nitrogens is 2. The lowest BCUT2D eigenvalue weighted by Gasteiger charge is -2.32. The summed E-state index contributed by atoms with van der Waals surface area (Å²) in [6.07, 6.45) is 5.85. The topological polar surface area (TPSA) is 101 Å². The molecule has 1 fully saturated rings. The van der Waals surface area contributed by atoms with Gasteiger partial charge in [0, 0.05) is 44.6 Å². The number of sulfone groups is 1. The first-order valence-electron chi connectivity index (χ1n) is 9.12. The van der Waals surface area contributed by atoms with E-state index in [9.17, 15) is 13.2 Å². The molecular formula is C19H24N4O4S. The number of ether oxygens (including phenoxy) is 1. The van der Waals surface area contributed by atoms with E-state index in [2.05, 4.69) is 15.3 Å². The Morgan fingerprint density at radius 1 is 1.18 bits per heavy atom. The second kappa shape index (κ2) is 8.55. The van der Waals surface area contributed by atoms with Gasteiger partial charge in [-0.2, -0.15) is 0 Å². The molecule has 1 atom stereocenters. The highest BCUT2D eigenvalue weighted by molar-refractivity contribution is 7.90. The molecule has 1 aromatic heterocycles. The summed E-state index contributed by atoms with van der Waals surface area (Å²) in [5.41, 5.74) is 0.847. The molecule has 3 rings (SSSR count). The van der Waals surface area contributed by atoms with E-state index in [0.29, 0.717) is 31.9 Å². The molecule has 0 saturated carbocycles. The maximum absolute atomic E-state index is 12.5. The highest BCUT2D eigenvalue weighted by Gasteiger charge is 2.25. The van der Waals surface area contributed by atoms with Gasteiger partial charge < -0.3 is 15.0 Å². The smallest absolute Gasteiger partial charge is 0.317 e. The zero-order valence-corrected chi connectivity index (χ0v) is 16.7. The molecule has 1 N–H and O–H groups in total. The van der Waals surface area contributed by atoms with Gasteiger partial charge in [-0.25, -0.2) is 23.2 Å². The third-order valence-corrected chi connectivity index (χ3v) is 5.82. The van der Waals surface area contributed by atoms with E-state index in [-0.39, 0.29) is 23.1 Å². The van der Waals surface area contributed by atoms with Gasteiger partial charge in [-0.15, -0.1) is 0 Å². The highest BCUT2D eigenvalue weighted by atomic mass is 32.2. The molecule has 0 radical (unpaired) electrons. The van der Waals surface area contributed by atoms with Gasteiger partial charge in [0.25, 0.3) is 0 Å². The van der Waals surface area contributed by atoms with Crippen molar-refractivity contribution < 1.29 is 17.9 Å². The Kier molecular flexibility index (Phi) is 6.13. The van der Waals surface area contributed by atoms with Crippen LogP contribution in [0.4, 0.5) is 4.79 Å². The van der Waals surface area contributed by atoms with Gasteiger partial charge in [-0.1, -0.05) is 12.1 Å². The molecule has 1 aromatic carbocycles. The molecule has 1 saturated heterocycles. The molecule has 2 aromatic rings. The van der Waals surface area contributed by atoms with E-state index in [1.807, 2.05) is 6.92 Å². The number of carbonyl (C=O) groups excluding carboxylic acids is 1. The summed E-state index contributed by atoms with van der Waals surface area (Å²) in [6, 6.07) is 8.28. The number of hydrogen-bond acceptors (Lipinski definition) is 6. The van der Waals surface area contributed by atoms with Gasteiger partial charge in [-0.3, -0.25) is 0 Å². The van der Waals surface area contributed by atoms with Crippen molar-refractivity contribution in [2.75, 3.05) is 19.3 Å². The lowest BCUT2D eigenvalue weighted by Crippen LogP contribution is -2.47. The number of piperidine rings is 1. The number of benzene rings is 1. The molecule has 0 bridgehead atoms. The fraction of sp³-hybridized carbons (Fsp3) is 0.421. The minimum Gasteiger partial charge on any atom is -0.460 e. The second-order valence-corrected chi connectivity index (χ2v) is 8.86. The van der Waals surface area contributed by atoms with Crippen LogP contribution in [0, 0.1) is 0 Å². The summed E-state index contributed by atoms with van der Waals surface area (Å²) in [5.74, 6) is 0. The molecule has 2 heterocycles. The highest BCUT2D eigenvalue weighted by Crippen LogP contribution is 2.19. The van der Waals surface area contributed by atoms with Crippen LogP contribution < -0.4 is 10.1 Å².